The summed E-state index contributed by atoms with van der Waals surface area (Å²) in [5.41, 5.74) is -0.0946. The fraction of sp³-hybridized carbons (Fsp3) is 0.915. The van der Waals surface area contributed by atoms with Gasteiger partial charge in [-0.1, -0.05) is 61.5 Å². The summed E-state index contributed by atoms with van der Waals surface area (Å²) in [6.07, 6.45) is 5.09. The van der Waals surface area contributed by atoms with Gasteiger partial charge in [-0.25, -0.2) is 0 Å². The highest BCUT2D eigenvalue weighted by atomic mass is 16.8. The van der Waals surface area contributed by atoms with E-state index >= 15 is 0 Å². The van der Waals surface area contributed by atoms with Crippen LogP contribution in [-0.2, 0) is 47.5 Å². The van der Waals surface area contributed by atoms with Gasteiger partial charge < -0.3 is 58.0 Å². The maximum Gasteiger partial charge on any atom is 0.194 e. The third kappa shape index (κ3) is 9.26. The van der Waals surface area contributed by atoms with Crippen molar-refractivity contribution in [3.63, 3.8) is 0 Å². The Morgan fingerprint density at radius 2 is 1.65 bits per heavy atom. The highest BCUT2D eigenvalue weighted by Gasteiger charge is 2.64. The largest absolute Gasteiger partial charge is 0.393 e. The van der Waals surface area contributed by atoms with Gasteiger partial charge in [0.1, 0.15) is 6.29 Å². The second-order valence-electron chi connectivity index (χ2n) is 20.4. The number of allylic oxidation sites excluding steroid dienone is 1. The molecule has 21 atom stereocenters. The number of Topliss-reactive ketones (excluding diaryl/α,β-unsaturated/α-hetero) is 1. The van der Waals surface area contributed by atoms with Crippen LogP contribution < -0.4 is 0 Å². The van der Waals surface area contributed by atoms with Gasteiger partial charge in [-0.05, 0) is 64.9 Å². The van der Waals surface area contributed by atoms with Crippen molar-refractivity contribution in [1.29, 1.82) is 0 Å². The van der Waals surface area contributed by atoms with Crippen molar-refractivity contribution in [2.24, 2.45) is 47.3 Å². The number of hydrogen-bond acceptors (Lipinski definition) is 13. The molecule has 0 aromatic rings. The number of aliphatic hydroxyl groups is 3. The van der Waals surface area contributed by atoms with E-state index in [-0.39, 0.29) is 71.6 Å². The molecule has 2 spiro atoms. The molecule has 0 aromatic carbocycles. The number of rotatable bonds is 13. The lowest BCUT2D eigenvalue weighted by Crippen LogP contribution is -2.63. The number of aliphatic hydroxyl groups excluding tert-OH is 2. The van der Waals surface area contributed by atoms with E-state index in [0.717, 1.165) is 25.5 Å². The number of hydrogen-bond donors (Lipinski definition) is 3. The normalized spacial score (nSPS) is 49.2. The van der Waals surface area contributed by atoms with Crippen LogP contribution in [-0.4, -0.2) is 119 Å². The molecule has 6 rings (SSSR count). The van der Waals surface area contributed by atoms with Crippen LogP contribution in [0.15, 0.2) is 11.6 Å². The molecule has 0 aliphatic carbocycles. The molecule has 13 heteroatoms. The molecule has 6 saturated heterocycles. The number of ether oxygens (including phenoxy) is 8. The molecular formula is C47H78O13. The molecule has 6 aliphatic heterocycles. The number of carbonyl (C=O) groups is 2. The van der Waals surface area contributed by atoms with Crippen molar-refractivity contribution >= 4 is 12.1 Å². The quantitative estimate of drug-likeness (QED) is 0.140. The fourth-order valence-corrected chi connectivity index (χ4v) is 11.8. The number of ketones is 1. The zero-order chi connectivity index (χ0) is 44.1. The second kappa shape index (κ2) is 18.6. The lowest BCUT2D eigenvalue weighted by molar-refractivity contribution is -0.384. The molecular weight excluding hydrogens is 773 g/mol. The average molecular weight is 851 g/mol. The highest BCUT2D eigenvalue weighted by molar-refractivity contribution is 5.96. The minimum absolute atomic E-state index is 0.00875. The first-order valence-electron chi connectivity index (χ1n) is 23.1. The SMILES string of the molecule is COC1CCC(OC2C(C)C(C3CC(C)C4(O3)OC(C3(C)CCC5(CC(O)C(C)C(C(C)/C=C(\C)C(=O)C(C)CC(C)C=O)O5)O3)CCC4C)OC(O)(CO)C2C)OC1C. The highest BCUT2D eigenvalue weighted by Crippen LogP contribution is 2.56. The van der Waals surface area contributed by atoms with E-state index < -0.39 is 66.2 Å². The first-order valence-corrected chi connectivity index (χ1v) is 23.1. The Kier molecular flexibility index (Phi) is 14.9. The van der Waals surface area contributed by atoms with E-state index in [0.29, 0.717) is 44.1 Å². The standard InChI is InChI=1S/C47H78O13/c1-25(23-48)19-26(2)40(51)27(3)20-28(4)41-31(7)35(50)22-45(58-41)18-17-44(11,60-45)38-15-13-29(5)47(57-38)30(6)21-37(56-47)43-32(8)42(33(9)46(52,24-49)59-43)55-39-16-14-36(53-12)34(10)54-39/h20,23,25-26,28-39,41-43,49-50,52H,13-19,21-22,24H2,1-12H3/b27-20+. The van der Waals surface area contributed by atoms with Crippen LogP contribution >= 0.6 is 0 Å². The third-order valence-corrected chi connectivity index (χ3v) is 15.8. The van der Waals surface area contributed by atoms with Crippen molar-refractivity contribution in [2.45, 2.75) is 212 Å². The van der Waals surface area contributed by atoms with Crippen molar-refractivity contribution in [1.82, 2.24) is 0 Å². The Hall–Kier alpha value is -1.36. The van der Waals surface area contributed by atoms with E-state index in [1.54, 1.807) is 7.11 Å². The summed E-state index contributed by atoms with van der Waals surface area (Å²) < 4.78 is 53.2. The monoisotopic (exact) mass is 851 g/mol. The van der Waals surface area contributed by atoms with Crippen molar-refractivity contribution in [3.05, 3.63) is 11.6 Å². The molecule has 0 amide bonds. The summed E-state index contributed by atoms with van der Waals surface area (Å²) in [5, 5.41) is 33.7. The van der Waals surface area contributed by atoms with Gasteiger partial charge in [0.15, 0.2) is 29.4 Å². The van der Waals surface area contributed by atoms with Crippen LogP contribution in [0.2, 0.25) is 0 Å². The van der Waals surface area contributed by atoms with E-state index in [2.05, 4.69) is 27.7 Å². The van der Waals surface area contributed by atoms with Crippen LogP contribution in [0.3, 0.4) is 0 Å². The maximum atomic E-state index is 13.3. The van der Waals surface area contributed by atoms with E-state index in [1.807, 2.05) is 54.5 Å². The van der Waals surface area contributed by atoms with E-state index in [4.69, 9.17) is 37.9 Å². The molecule has 13 nitrogen and oxygen atoms in total. The maximum absolute atomic E-state index is 13.3. The van der Waals surface area contributed by atoms with E-state index in [1.165, 1.54) is 0 Å². The lowest BCUT2D eigenvalue weighted by Gasteiger charge is -2.52. The van der Waals surface area contributed by atoms with Gasteiger partial charge in [0, 0.05) is 73.7 Å². The Morgan fingerprint density at radius 1 is 0.933 bits per heavy atom. The summed E-state index contributed by atoms with van der Waals surface area (Å²) in [5.74, 6) is -5.31. The lowest BCUT2D eigenvalue weighted by atomic mass is 9.77. The van der Waals surface area contributed by atoms with Gasteiger partial charge in [0.2, 0.25) is 0 Å². The Morgan fingerprint density at radius 3 is 2.30 bits per heavy atom. The zero-order valence-electron chi connectivity index (χ0n) is 38.5. The Bertz CT molecular complexity index is 1530. The minimum atomic E-state index is -1.84. The molecule has 344 valence electrons. The van der Waals surface area contributed by atoms with Gasteiger partial charge in [-0.2, -0.15) is 0 Å². The predicted octanol–water partition coefficient (Wildman–Crippen LogP) is 6.26. The summed E-state index contributed by atoms with van der Waals surface area (Å²) in [4.78, 5) is 24.5. The molecule has 0 radical (unpaired) electrons. The summed E-state index contributed by atoms with van der Waals surface area (Å²) in [7, 11) is 1.69. The first-order chi connectivity index (χ1) is 28.1. The van der Waals surface area contributed by atoms with Crippen molar-refractivity contribution < 1.29 is 62.8 Å². The molecule has 0 aromatic heterocycles. The van der Waals surface area contributed by atoms with Crippen LogP contribution in [0.25, 0.3) is 0 Å². The van der Waals surface area contributed by atoms with Gasteiger partial charge in [0.25, 0.3) is 0 Å². The number of carbonyl (C=O) groups excluding carboxylic acids is 2. The molecule has 21 unspecified atom stereocenters. The van der Waals surface area contributed by atoms with Crippen molar-refractivity contribution in [2.75, 3.05) is 13.7 Å². The molecule has 3 N–H and O–H groups in total. The zero-order valence-corrected chi connectivity index (χ0v) is 38.5. The van der Waals surface area contributed by atoms with Crippen LogP contribution in [0, 0.1) is 47.3 Å². The van der Waals surface area contributed by atoms with Gasteiger partial charge >= 0.3 is 0 Å². The van der Waals surface area contributed by atoms with Gasteiger partial charge in [-0.15, -0.1) is 0 Å². The Balaban J connectivity index is 1.16. The number of aldehydes is 1. The summed E-state index contributed by atoms with van der Waals surface area (Å²) in [6.45, 7) is 21.2. The molecule has 0 bridgehead atoms. The smallest absolute Gasteiger partial charge is 0.194 e. The third-order valence-electron chi connectivity index (χ3n) is 15.8. The topological polar surface area (TPSA) is 169 Å². The van der Waals surface area contributed by atoms with Crippen LogP contribution in [0.4, 0.5) is 0 Å². The van der Waals surface area contributed by atoms with Gasteiger partial charge in [0.05, 0.1) is 61.0 Å². The molecule has 0 saturated carbocycles. The van der Waals surface area contributed by atoms with Gasteiger partial charge in [-0.3, -0.25) is 4.79 Å². The van der Waals surface area contributed by atoms with Crippen LogP contribution in [0.1, 0.15) is 134 Å². The molecule has 6 aliphatic rings. The fourth-order valence-electron chi connectivity index (χ4n) is 11.8. The second-order valence-corrected chi connectivity index (χ2v) is 20.4. The minimum Gasteiger partial charge on any atom is -0.393 e. The molecule has 6 fully saturated rings. The van der Waals surface area contributed by atoms with E-state index in [9.17, 15) is 24.9 Å². The Labute approximate surface area is 358 Å². The summed E-state index contributed by atoms with van der Waals surface area (Å²) in [6, 6.07) is 0. The number of methoxy groups -OCH3 is 1. The molecule has 60 heavy (non-hydrogen) atoms. The first kappa shape index (κ1) is 48.1. The predicted molar refractivity (Wildman–Crippen MR) is 222 cm³/mol. The van der Waals surface area contributed by atoms with Crippen LogP contribution in [0.5, 0.6) is 0 Å². The van der Waals surface area contributed by atoms with Crippen molar-refractivity contribution in [3.8, 4) is 0 Å². The summed E-state index contributed by atoms with van der Waals surface area (Å²) >= 11 is 0. The average Bonchev–Trinajstić information content (AvgIpc) is 3.72. The molecule has 6 heterocycles.